The van der Waals surface area contributed by atoms with Gasteiger partial charge in [0.15, 0.2) is 5.76 Å². The highest BCUT2D eigenvalue weighted by atomic mass is 16.4. The number of furan rings is 1. The largest absolute Gasteiger partial charge is 0.545 e. The number of carboxylic acid groups (broad SMARTS) is 1. The number of carbonyl (C=O) groups excluding carboxylic acids is 2. The summed E-state index contributed by atoms with van der Waals surface area (Å²) >= 11 is 0. The molecule has 1 aromatic heterocycles. The molecule has 2 rings (SSSR count). The van der Waals surface area contributed by atoms with E-state index in [1.54, 1.807) is 19.1 Å². The standard InChI is InChI=1S/C13H11NO4/c1-8-2-7-11(18-8)12(15)14-10-5-3-9(4-6-10)13(16)17/h2-7H,1H3,(H,14,15)(H,16,17)/p-1. The molecule has 0 atom stereocenters. The lowest BCUT2D eigenvalue weighted by Crippen LogP contribution is -2.22. The number of nitrogens with one attached hydrogen (secondary N) is 1. The molecular formula is C13H10NO4-. The zero-order chi connectivity index (χ0) is 13.1. The second kappa shape index (κ2) is 4.75. The van der Waals surface area contributed by atoms with E-state index in [4.69, 9.17) is 4.42 Å². The number of hydrogen-bond donors (Lipinski definition) is 1. The maximum atomic E-state index is 11.7. The van der Waals surface area contributed by atoms with Gasteiger partial charge >= 0.3 is 0 Å². The van der Waals surface area contributed by atoms with Crippen molar-refractivity contribution in [3.05, 3.63) is 53.5 Å². The molecule has 0 saturated carbocycles. The van der Waals surface area contributed by atoms with Gasteiger partial charge in [-0.3, -0.25) is 4.79 Å². The highest BCUT2D eigenvalue weighted by Crippen LogP contribution is 2.12. The van der Waals surface area contributed by atoms with Gasteiger partial charge in [-0.15, -0.1) is 0 Å². The van der Waals surface area contributed by atoms with E-state index >= 15 is 0 Å². The van der Waals surface area contributed by atoms with Crippen molar-refractivity contribution < 1.29 is 19.1 Å². The lowest BCUT2D eigenvalue weighted by molar-refractivity contribution is -0.255. The molecule has 0 aliphatic carbocycles. The zero-order valence-electron chi connectivity index (χ0n) is 9.60. The number of rotatable bonds is 3. The van der Waals surface area contributed by atoms with Gasteiger partial charge in [-0.25, -0.2) is 0 Å². The van der Waals surface area contributed by atoms with Crippen LogP contribution in [0.1, 0.15) is 26.7 Å². The number of aryl methyl sites for hydroxylation is 1. The summed E-state index contributed by atoms with van der Waals surface area (Å²) in [4.78, 5) is 22.3. The Morgan fingerprint density at radius 3 is 2.28 bits per heavy atom. The number of carboxylic acids is 1. The van der Waals surface area contributed by atoms with Crippen molar-refractivity contribution in [1.82, 2.24) is 0 Å². The maximum absolute atomic E-state index is 11.7. The first kappa shape index (κ1) is 11.9. The summed E-state index contributed by atoms with van der Waals surface area (Å²) in [5.74, 6) is -0.789. The van der Waals surface area contributed by atoms with Crippen LogP contribution in [0.2, 0.25) is 0 Å². The summed E-state index contributed by atoms with van der Waals surface area (Å²) in [6, 6.07) is 8.95. The first-order valence-corrected chi connectivity index (χ1v) is 5.25. The van der Waals surface area contributed by atoms with E-state index in [1.807, 2.05) is 0 Å². The summed E-state index contributed by atoms with van der Waals surface area (Å²) < 4.78 is 5.16. The summed E-state index contributed by atoms with van der Waals surface area (Å²) in [6.07, 6.45) is 0. The third-order valence-electron chi connectivity index (χ3n) is 2.34. The molecule has 0 bridgehead atoms. The van der Waals surface area contributed by atoms with Crippen LogP contribution < -0.4 is 10.4 Å². The SMILES string of the molecule is Cc1ccc(C(=O)Nc2ccc(C(=O)[O-])cc2)o1. The summed E-state index contributed by atoms with van der Waals surface area (Å²) in [5, 5.41) is 13.1. The van der Waals surface area contributed by atoms with E-state index in [0.29, 0.717) is 11.4 Å². The van der Waals surface area contributed by atoms with Crippen molar-refractivity contribution in [2.45, 2.75) is 6.92 Å². The summed E-state index contributed by atoms with van der Waals surface area (Å²) in [7, 11) is 0. The fraction of sp³-hybridized carbons (Fsp3) is 0.0769. The fourth-order valence-electron chi connectivity index (χ4n) is 1.44. The van der Waals surface area contributed by atoms with Crippen molar-refractivity contribution in [2.24, 2.45) is 0 Å². The second-order valence-corrected chi connectivity index (χ2v) is 3.73. The Kier molecular flexibility index (Phi) is 3.14. The molecule has 1 N–H and O–H groups in total. The second-order valence-electron chi connectivity index (χ2n) is 3.73. The molecule has 1 aromatic carbocycles. The van der Waals surface area contributed by atoms with Gasteiger partial charge in [0.25, 0.3) is 5.91 Å². The minimum atomic E-state index is -1.26. The van der Waals surface area contributed by atoms with Crippen LogP contribution in [0.15, 0.2) is 40.8 Å². The van der Waals surface area contributed by atoms with Crippen LogP contribution in [0.4, 0.5) is 5.69 Å². The highest BCUT2D eigenvalue weighted by Gasteiger charge is 2.09. The van der Waals surface area contributed by atoms with E-state index in [2.05, 4.69) is 5.32 Å². The van der Waals surface area contributed by atoms with Gasteiger partial charge in [0, 0.05) is 5.69 Å². The lowest BCUT2D eigenvalue weighted by Gasteiger charge is -2.05. The van der Waals surface area contributed by atoms with Crippen LogP contribution in [0, 0.1) is 6.92 Å². The van der Waals surface area contributed by atoms with Crippen LogP contribution in [0.25, 0.3) is 0 Å². The predicted octanol–water partition coefficient (Wildman–Crippen LogP) is 1.20. The number of carbonyl (C=O) groups is 2. The molecule has 0 aliphatic rings. The quantitative estimate of drug-likeness (QED) is 0.879. The number of aromatic carboxylic acids is 1. The maximum Gasteiger partial charge on any atom is 0.291 e. The van der Waals surface area contributed by atoms with E-state index < -0.39 is 5.97 Å². The van der Waals surface area contributed by atoms with Gasteiger partial charge in [-0.1, -0.05) is 12.1 Å². The van der Waals surface area contributed by atoms with Gasteiger partial charge in [0.05, 0.1) is 5.97 Å². The molecule has 5 heteroatoms. The van der Waals surface area contributed by atoms with Gasteiger partial charge in [-0.2, -0.15) is 0 Å². The molecule has 1 heterocycles. The molecule has 92 valence electrons. The predicted molar refractivity (Wildman–Crippen MR) is 62.2 cm³/mol. The monoisotopic (exact) mass is 244 g/mol. The molecule has 1 amide bonds. The van der Waals surface area contributed by atoms with Crippen molar-refractivity contribution in [1.29, 1.82) is 0 Å². The molecular weight excluding hydrogens is 234 g/mol. The Labute approximate surface area is 103 Å². The molecule has 0 radical (unpaired) electrons. The molecule has 5 nitrogen and oxygen atoms in total. The summed E-state index contributed by atoms with van der Waals surface area (Å²) in [6.45, 7) is 1.74. The van der Waals surface area contributed by atoms with Gasteiger partial charge in [0.2, 0.25) is 0 Å². The van der Waals surface area contributed by atoms with Crippen LogP contribution in [0.3, 0.4) is 0 Å². The van der Waals surface area contributed by atoms with Crippen molar-refractivity contribution in [3.8, 4) is 0 Å². The minimum Gasteiger partial charge on any atom is -0.545 e. The van der Waals surface area contributed by atoms with Gasteiger partial charge in [-0.05, 0) is 36.8 Å². The van der Waals surface area contributed by atoms with E-state index in [-0.39, 0.29) is 17.2 Å². The average Bonchev–Trinajstić information content (AvgIpc) is 2.76. The topological polar surface area (TPSA) is 82.4 Å². The lowest BCUT2D eigenvalue weighted by atomic mass is 10.2. The van der Waals surface area contributed by atoms with Crippen LogP contribution in [-0.2, 0) is 0 Å². The third-order valence-corrected chi connectivity index (χ3v) is 2.34. The van der Waals surface area contributed by atoms with Crippen molar-refractivity contribution >= 4 is 17.6 Å². The van der Waals surface area contributed by atoms with Crippen molar-refractivity contribution in [3.63, 3.8) is 0 Å². The average molecular weight is 244 g/mol. The fourth-order valence-corrected chi connectivity index (χ4v) is 1.44. The van der Waals surface area contributed by atoms with Crippen LogP contribution >= 0.6 is 0 Å². The molecule has 0 spiro atoms. The first-order valence-electron chi connectivity index (χ1n) is 5.25. The van der Waals surface area contributed by atoms with Crippen LogP contribution in [-0.4, -0.2) is 11.9 Å². The molecule has 0 saturated heterocycles. The number of amides is 1. The van der Waals surface area contributed by atoms with E-state index in [0.717, 1.165) is 0 Å². The first-order chi connectivity index (χ1) is 8.56. The zero-order valence-corrected chi connectivity index (χ0v) is 9.60. The highest BCUT2D eigenvalue weighted by molar-refractivity contribution is 6.02. The minimum absolute atomic E-state index is 0.0573. The normalized spacial score (nSPS) is 10.1. The summed E-state index contributed by atoms with van der Waals surface area (Å²) in [5.41, 5.74) is 0.542. The Hall–Kier alpha value is -2.56. The van der Waals surface area contributed by atoms with E-state index in [9.17, 15) is 14.7 Å². The molecule has 2 aromatic rings. The Bertz CT molecular complexity index is 583. The Balaban J connectivity index is 2.10. The Morgan fingerprint density at radius 2 is 1.78 bits per heavy atom. The smallest absolute Gasteiger partial charge is 0.291 e. The number of benzene rings is 1. The van der Waals surface area contributed by atoms with Crippen molar-refractivity contribution in [2.75, 3.05) is 5.32 Å². The van der Waals surface area contributed by atoms with Gasteiger partial charge < -0.3 is 19.6 Å². The number of anilines is 1. The molecule has 0 aliphatic heterocycles. The van der Waals surface area contributed by atoms with E-state index in [1.165, 1.54) is 24.3 Å². The molecule has 0 unspecified atom stereocenters. The third kappa shape index (κ3) is 2.57. The number of hydrogen-bond acceptors (Lipinski definition) is 4. The Morgan fingerprint density at radius 1 is 1.11 bits per heavy atom. The van der Waals surface area contributed by atoms with Gasteiger partial charge in [0.1, 0.15) is 5.76 Å². The van der Waals surface area contributed by atoms with Crippen LogP contribution in [0.5, 0.6) is 0 Å². The molecule has 0 fully saturated rings. The molecule has 18 heavy (non-hydrogen) atoms.